The third-order valence-corrected chi connectivity index (χ3v) is 3.96. The van der Waals surface area contributed by atoms with Crippen LogP contribution in [-0.2, 0) is 20.9 Å². The van der Waals surface area contributed by atoms with Gasteiger partial charge >= 0.3 is 12.1 Å². The first-order valence-corrected chi connectivity index (χ1v) is 9.22. The maximum absolute atomic E-state index is 12.0. The molecule has 29 heavy (non-hydrogen) atoms. The molecule has 2 rings (SSSR count). The topological polar surface area (TPSA) is 81.7 Å². The van der Waals surface area contributed by atoms with E-state index in [-0.39, 0.29) is 25.2 Å². The van der Waals surface area contributed by atoms with E-state index in [0.717, 1.165) is 11.1 Å². The molecule has 6 heteroatoms. The number of ketones is 1. The minimum absolute atomic E-state index is 0.0671. The second kappa shape index (κ2) is 12.0. The lowest BCUT2D eigenvalue weighted by Crippen LogP contribution is -2.24. The molecule has 6 nitrogen and oxygen atoms in total. The van der Waals surface area contributed by atoms with Gasteiger partial charge in [0.25, 0.3) is 0 Å². The highest BCUT2D eigenvalue weighted by molar-refractivity contribution is 5.97. The van der Waals surface area contributed by atoms with Crippen molar-refractivity contribution in [3.8, 4) is 11.8 Å². The highest BCUT2D eigenvalue weighted by Crippen LogP contribution is 2.08. The number of carbonyl (C=O) groups excluding carboxylic acids is 3. The molecule has 0 fully saturated rings. The fraction of sp³-hybridized carbons (Fsp3) is 0.261. The Kier molecular flexibility index (Phi) is 8.97. The largest absolute Gasteiger partial charge is 0.469 e. The number of benzene rings is 2. The average molecular weight is 393 g/mol. The van der Waals surface area contributed by atoms with E-state index in [9.17, 15) is 14.4 Å². The lowest BCUT2D eigenvalue weighted by atomic mass is 10.0. The Morgan fingerprint density at radius 3 is 2.38 bits per heavy atom. The smallest absolute Gasteiger partial charge is 0.407 e. The summed E-state index contributed by atoms with van der Waals surface area (Å²) in [5.41, 5.74) is 2.22. The molecule has 0 heterocycles. The summed E-state index contributed by atoms with van der Waals surface area (Å²) in [5, 5.41) is 2.65. The molecule has 0 saturated carbocycles. The average Bonchev–Trinajstić information content (AvgIpc) is 2.76. The Labute approximate surface area is 170 Å². The molecular weight excluding hydrogens is 370 g/mol. The number of carbonyl (C=O) groups is 3. The third-order valence-electron chi connectivity index (χ3n) is 3.96. The Bertz CT molecular complexity index is 879. The van der Waals surface area contributed by atoms with E-state index >= 15 is 0 Å². The number of Topliss-reactive ketones (excluding diaryl/α,β-unsaturated/α-hetero) is 1. The third kappa shape index (κ3) is 8.31. The van der Waals surface area contributed by atoms with Crippen LogP contribution in [-0.4, -0.2) is 31.5 Å². The number of hydrogen-bond acceptors (Lipinski definition) is 5. The Morgan fingerprint density at radius 1 is 0.966 bits per heavy atom. The first-order valence-electron chi connectivity index (χ1n) is 9.22. The molecule has 1 N–H and O–H groups in total. The second-order valence-corrected chi connectivity index (χ2v) is 6.12. The van der Waals surface area contributed by atoms with Gasteiger partial charge in [0, 0.05) is 30.5 Å². The SMILES string of the molecule is COC(=O)CCC(=O)c1ccc(C#CCCNC(=O)OCc2ccccc2)cc1. The molecule has 1 amide bonds. The molecule has 0 bridgehead atoms. The van der Waals surface area contributed by atoms with Crippen molar-refractivity contribution in [3.05, 3.63) is 71.3 Å². The monoisotopic (exact) mass is 393 g/mol. The number of alkyl carbamates (subject to hydrolysis) is 1. The van der Waals surface area contributed by atoms with E-state index < -0.39 is 12.1 Å². The number of amides is 1. The summed E-state index contributed by atoms with van der Waals surface area (Å²) in [7, 11) is 1.30. The lowest BCUT2D eigenvalue weighted by Gasteiger charge is -2.05. The van der Waals surface area contributed by atoms with E-state index in [4.69, 9.17) is 4.74 Å². The predicted octanol–water partition coefficient (Wildman–Crippen LogP) is 3.49. The molecule has 0 aliphatic rings. The van der Waals surface area contributed by atoms with Crippen LogP contribution in [0.5, 0.6) is 0 Å². The van der Waals surface area contributed by atoms with Crippen molar-refractivity contribution in [1.82, 2.24) is 5.32 Å². The lowest BCUT2D eigenvalue weighted by molar-refractivity contribution is -0.140. The van der Waals surface area contributed by atoms with Gasteiger partial charge in [0.2, 0.25) is 0 Å². The molecule has 0 aromatic heterocycles. The van der Waals surface area contributed by atoms with Gasteiger partial charge in [-0.25, -0.2) is 4.79 Å². The van der Waals surface area contributed by atoms with Crippen molar-refractivity contribution >= 4 is 17.8 Å². The van der Waals surface area contributed by atoms with E-state index in [1.165, 1.54) is 7.11 Å². The van der Waals surface area contributed by atoms with E-state index in [1.807, 2.05) is 30.3 Å². The molecule has 0 atom stereocenters. The summed E-state index contributed by atoms with van der Waals surface area (Å²) in [6, 6.07) is 16.3. The summed E-state index contributed by atoms with van der Waals surface area (Å²) in [4.78, 5) is 34.7. The Balaban J connectivity index is 1.68. The van der Waals surface area contributed by atoms with Crippen molar-refractivity contribution in [1.29, 1.82) is 0 Å². The number of ether oxygens (including phenoxy) is 2. The Hall–Kier alpha value is -3.59. The van der Waals surface area contributed by atoms with Crippen LogP contribution >= 0.6 is 0 Å². The van der Waals surface area contributed by atoms with Crippen molar-refractivity contribution in [3.63, 3.8) is 0 Å². The van der Waals surface area contributed by atoms with Gasteiger partial charge in [-0.3, -0.25) is 9.59 Å². The van der Waals surface area contributed by atoms with Crippen LogP contribution < -0.4 is 5.32 Å². The van der Waals surface area contributed by atoms with E-state index in [1.54, 1.807) is 24.3 Å². The van der Waals surface area contributed by atoms with Crippen LogP contribution in [0.4, 0.5) is 4.79 Å². The molecule has 0 spiro atoms. The number of nitrogens with one attached hydrogen (secondary N) is 1. The van der Waals surface area contributed by atoms with Gasteiger partial charge in [-0.2, -0.15) is 0 Å². The number of methoxy groups -OCH3 is 1. The van der Waals surface area contributed by atoms with Crippen LogP contribution in [0, 0.1) is 11.8 Å². The summed E-state index contributed by atoms with van der Waals surface area (Å²) in [6.45, 7) is 0.605. The molecular formula is C23H23NO5. The molecule has 0 saturated heterocycles. The van der Waals surface area contributed by atoms with E-state index in [0.29, 0.717) is 18.5 Å². The summed E-state index contributed by atoms with van der Waals surface area (Å²) < 4.78 is 9.64. The van der Waals surface area contributed by atoms with Crippen LogP contribution in [0.15, 0.2) is 54.6 Å². The molecule has 0 aliphatic heterocycles. The summed E-state index contributed by atoms with van der Waals surface area (Å²) >= 11 is 0. The number of esters is 1. The van der Waals surface area contributed by atoms with Gasteiger partial charge in [0.1, 0.15) is 6.61 Å². The van der Waals surface area contributed by atoms with Crippen LogP contribution in [0.25, 0.3) is 0 Å². The molecule has 0 unspecified atom stereocenters. The first kappa shape index (κ1) is 21.7. The fourth-order valence-electron chi connectivity index (χ4n) is 2.37. The van der Waals surface area contributed by atoms with Crippen molar-refractivity contribution in [2.24, 2.45) is 0 Å². The van der Waals surface area contributed by atoms with Crippen molar-refractivity contribution < 1.29 is 23.9 Å². The normalized spacial score (nSPS) is 9.69. The zero-order valence-electron chi connectivity index (χ0n) is 16.3. The quantitative estimate of drug-likeness (QED) is 0.321. The fourth-order valence-corrected chi connectivity index (χ4v) is 2.37. The Morgan fingerprint density at radius 2 is 1.69 bits per heavy atom. The minimum atomic E-state index is -0.481. The highest BCUT2D eigenvalue weighted by atomic mass is 16.5. The summed E-state index contributed by atoms with van der Waals surface area (Å²) in [6.07, 6.45) is 0.173. The maximum Gasteiger partial charge on any atom is 0.407 e. The van der Waals surface area contributed by atoms with E-state index in [2.05, 4.69) is 21.9 Å². The zero-order chi connectivity index (χ0) is 20.9. The van der Waals surface area contributed by atoms with Gasteiger partial charge in [-0.1, -0.05) is 54.3 Å². The van der Waals surface area contributed by atoms with Gasteiger partial charge < -0.3 is 14.8 Å². The summed E-state index contributed by atoms with van der Waals surface area (Å²) in [5.74, 6) is 5.41. The number of hydrogen-bond donors (Lipinski definition) is 1. The van der Waals surface area contributed by atoms with Gasteiger partial charge in [-0.05, 0) is 17.7 Å². The second-order valence-electron chi connectivity index (χ2n) is 6.12. The van der Waals surface area contributed by atoms with Crippen molar-refractivity contribution in [2.75, 3.05) is 13.7 Å². The minimum Gasteiger partial charge on any atom is -0.469 e. The molecule has 2 aromatic rings. The van der Waals surface area contributed by atoms with Crippen LogP contribution in [0.3, 0.4) is 0 Å². The predicted molar refractivity (Wildman–Crippen MR) is 108 cm³/mol. The first-order chi connectivity index (χ1) is 14.1. The highest BCUT2D eigenvalue weighted by Gasteiger charge is 2.09. The van der Waals surface area contributed by atoms with Gasteiger partial charge in [0.05, 0.1) is 13.5 Å². The molecule has 0 aliphatic carbocycles. The van der Waals surface area contributed by atoms with Crippen molar-refractivity contribution in [2.45, 2.75) is 25.9 Å². The van der Waals surface area contributed by atoms with Crippen LogP contribution in [0.2, 0.25) is 0 Å². The molecule has 0 radical (unpaired) electrons. The maximum atomic E-state index is 12.0. The molecule has 2 aromatic carbocycles. The van der Waals surface area contributed by atoms with Crippen LogP contribution in [0.1, 0.15) is 40.7 Å². The number of rotatable bonds is 8. The van der Waals surface area contributed by atoms with Gasteiger partial charge in [-0.15, -0.1) is 0 Å². The zero-order valence-corrected chi connectivity index (χ0v) is 16.3. The standard InChI is InChI=1S/C23H23NO5/c1-28-22(26)15-14-21(25)20-12-10-18(11-13-20)7-5-6-16-24-23(27)29-17-19-8-3-2-4-9-19/h2-4,8-13H,6,14-17H2,1H3,(H,24,27). The molecule has 150 valence electrons. The van der Waals surface area contributed by atoms with Gasteiger partial charge in [0.15, 0.2) is 5.78 Å².